The Labute approximate surface area is 119 Å². The second kappa shape index (κ2) is 4.66. The van der Waals surface area contributed by atoms with Crippen molar-refractivity contribution in [3.05, 3.63) is 21.7 Å². The van der Waals surface area contributed by atoms with E-state index < -0.39 is 0 Å². The number of halogens is 1. The quantitative estimate of drug-likeness (QED) is 0.634. The Hall–Kier alpha value is -1.32. The van der Waals surface area contributed by atoms with Gasteiger partial charge in [0.25, 0.3) is 0 Å². The fourth-order valence-corrected chi connectivity index (χ4v) is 3.16. The molecule has 1 saturated carbocycles. The number of hydrogen-bond acceptors (Lipinski definition) is 4. The molecule has 3 rings (SSSR count). The molecule has 0 unspecified atom stereocenters. The Bertz CT molecular complexity index is 575. The molecule has 1 heterocycles. The molecule has 1 aromatic carbocycles. The Morgan fingerprint density at radius 3 is 2.63 bits per heavy atom. The van der Waals surface area contributed by atoms with Gasteiger partial charge in [-0.05, 0) is 46.8 Å². The first-order chi connectivity index (χ1) is 9.22. The van der Waals surface area contributed by atoms with E-state index in [1.165, 1.54) is 0 Å². The minimum atomic E-state index is -0.383. The van der Waals surface area contributed by atoms with E-state index >= 15 is 0 Å². The molecule has 2 aliphatic rings. The number of rotatable bonds is 3. The van der Waals surface area contributed by atoms with Crippen molar-refractivity contribution in [2.45, 2.75) is 31.7 Å². The Balaban J connectivity index is 2.20. The van der Waals surface area contributed by atoms with Gasteiger partial charge in [-0.2, -0.15) is 4.99 Å². The number of benzene rings is 1. The number of aliphatic imine (C=N–C) groups is 1. The summed E-state index contributed by atoms with van der Waals surface area (Å²) in [6.45, 7) is 3.19. The first-order valence-corrected chi connectivity index (χ1v) is 7.21. The zero-order valence-electron chi connectivity index (χ0n) is 10.7. The molecule has 0 bridgehead atoms. The highest BCUT2D eigenvalue weighted by Gasteiger charge is 2.47. The summed E-state index contributed by atoms with van der Waals surface area (Å²) in [5.41, 5.74) is 1.77. The number of ether oxygens (including phenoxy) is 2. The van der Waals surface area contributed by atoms with Crippen LogP contribution >= 0.6 is 15.9 Å². The largest absolute Gasteiger partial charge is 0.486 e. The van der Waals surface area contributed by atoms with Crippen LogP contribution in [0.25, 0.3) is 0 Å². The van der Waals surface area contributed by atoms with Crippen molar-refractivity contribution in [3.63, 3.8) is 0 Å². The van der Waals surface area contributed by atoms with Gasteiger partial charge >= 0.3 is 0 Å². The van der Waals surface area contributed by atoms with E-state index in [1.807, 2.05) is 6.07 Å². The van der Waals surface area contributed by atoms with Gasteiger partial charge in [0.15, 0.2) is 11.5 Å². The zero-order chi connectivity index (χ0) is 13.5. The normalized spacial score (nSPS) is 18.6. The van der Waals surface area contributed by atoms with Crippen molar-refractivity contribution in [2.75, 3.05) is 13.2 Å². The standard InChI is InChI=1S/C14H14BrNO3/c1-2-9-10(14(3-4-14)16-8-17)7-11(15)13-12(9)18-5-6-19-13/h7H,2-6H2,1H3. The van der Waals surface area contributed by atoms with E-state index in [9.17, 15) is 4.79 Å². The van der Waals surface area contributed by atoms with Crippen molar-refractivity contribution < 1.29 is 14.3 Å². The van der Waals surface area contributed by atoms with E-state index in [0.717, 1.165) is 46.4 Å². The minimum absolute atomic E-state index is 0.383. The summed E-state index contributed by atoms with van der Waals surface area (Å²) >= 11 is 3.52. The fraction of sp³-hybridized carbons (Fsp3) is 0.500. The van der Waals surface area contributed by atoms with Gasteiger partial charge in [-0.25, -0.2) is 4.79 Å². The van der Waals surface area contributed by atoms with Gasteiger partial charge in [0.2, 0.25) is 6.08 Å². The van der Waals surface area contributed by atoms with Crippen molar-refractivity contribution in [2.24, 2.45) is 4.99 Å². The lowest BCUT2D eigenvalue weighted by Gasteiger charge is -2.25. The highest BCUT2D eigenvalue weighted by molar-refractivity contribution is 9.10. The number of carbonyl (C=O) groups excluding carboxylic acids is 1. The topological polar surface area (TPSA) is 47.9 Å². The summed E-state index contributed by atoms with van der Waals surface area (Å²) in [5, 5.41) is 0. The molecule has 0 radical (unpaired) electrons. The summed E-state index contributed by atoms with van der Waals surface area (Å²) < 4.78 is 12.3. The maximum atomic E-state index is 10.6. The van der Waals surface area contributed by atoms with Crippen molar-refractivity contribution in [3.8, 4) is 11.5 Å². The van der Waals surface area contributed by atoms with Gasteiger partial charge in [-0.1, -0.05) is 6.92 Å². The summed E-state index contributed by atoms with van der Waals surface area (Å²) in [6.07, 6.45) is 4.31. The Morgan fingerprint density at radius 1 is 1.37 bits per heavy atom. The summed E-state index contributed by atoms with van der Waals surface area (Å²) in [6, 6.07) is 2.01. The number of nitrogens with zero attached hydrogens (tertiary/aromatic N) is 1. The monoisotopic (exact) mass is 323 g/mol. The minimum Gasteiger partial charge on any atom is -0.486 e. The molecule has 1 fully saturated rings. The number of hydrogen-bond donors (Lipinski definition) is 0. The predicted octanol–water partition coefficient (Wildman–Crippen LogP) is 3.11. The van der Waals surface area contributed by atoms with E-state index in [0.29, 0.717) is 13.2 Å². The third kappa shape index (κ3) is 1.97. The van der Waals surface area contributed by atoms with Gasteiger partial charge < -0.3 is 9.47 Å². The second-order valence-corrected chi connectivity index (χ2v) is 5.68. The van der Waals surface area contributed by atoms with Gasteiger partial charge in [0.1, 0.15) is 13.2 Å². The predicted molar refractivity (Wildman–Crippen MR) is 73.5 cm³/mol. The van der Waals surface area contributed by atoms with Crippen LogP contribution in [0.4, 0.5) is 0 Å². The zero-order valence-corrected chi connectivity index (χ0v) is 12.2. The average molecular weight is 324 g/mol. The highest BCUT2D eigenvalue weighted by Crippen LogP contribution is 2.55. The summed E-state index contributed by atoms with van der Waals surface area (Å²) in [5.74, 6) is 1.56. The van der Waals surface area contributed by atoms with Crippen molar-refractivity contribution >= 4 is 22.0 Å². The van der Waals surface area contributed by atoms with Crippen LogP contribution in [-0.2, 0) is 16.8 Å². The third-order valence-corrected chi connectivity index (χ3v) is 4.30. The number of isocyanates is 1. The highest BCUT2D eigenvalue weighted by atomic mass is 79.9. The molecule has 0 amide bonds. The summed E-state index contributed by atoms with van der Waals surface area (Å²) in [7, 11) is 0. The number of fused-ring (bicyclic) bond motifs is 1. The summed E-state index contributed by atoms with van der Waals surface area (Å²) in [4.78, 5) is 14.7. The second-order valence-electron chi connectivity index (χ2n) is 4.83. The molecule has 5 heteroatoms. The lowest BCUT2D eigenvalue weighted by molar-refractivity contribution is 0.168. The molecule has 19 heavy (non-hydrogen) atoms. The molecule has 0 N–H and O–H groups in total. The first kappa shape index (κ1) is 12.7. The lowest BCUT2D eigenvalue weighted by Crippen LogP contribution is -2.19. The molecular formula is C14H14BrNO3. The third-order valence-electron chi connectivity index (χ3n) is 3.71. The van der Waals surface area contributed by atoms with E-state index in [2.05, 4.69) is 27.8 Å². The molecule has 0 saturated heterocycles. The lowest BCUT2D eigenvalue weighted by atomic mass is 9.95. The Morgan fingerprint density at radius 2 is 2.05 bits per heavy atom. The van der Waals surface area contributed by atoms with Crippen LogP contribution in [0.1, 0.15) is 30.9 Å². The van der Waals surface area contributed by atoms with Gasteiger partial charge in [0.05, 0.1) is 10.0 Å². The van der Waals surface area contributed by atoms with Gasteiger partial charge in [0, 0.05) is 5.56 Å². The SMILES string of the molecule is CCc1c(C2(N=C=O)CC2)cc(Br)c2c1OCCO2. The maximum absolute atomic E-state index is 10.6. The molecule has 1 aromatic rings. The molecule has 0 atom stereocenters. The van der Waals surface area contributed by atoms with Gasteiger partial charge in [-0.15, -0.1) is 0 Å². The van der Waals surface area contributed by atoms with Crippen molar-refractivity contribution in [1.29, 1.82) is 0 Å². The maximum Gasteiger partial charge on any atom is 0.235 e. The van der Waals surface area contributed by atoms with Crippen molar-refractivity contribution in [1.82, 2.24) is 0 Å². The molecule has 4 nitrogen and oxygen atoms in total. The molecule has 1 aliphatic heterocycles. The van der Waals surface area contributed by atoms with E-state index in [4.69, 9.17) is 9.47 Å². The van der Waals surface area contributed by atoms with Crippen LogP contribution in [0.3, 0.4) is 0 Å². The molecule has 0 aromatic heterocycles. The molecule has 100 valence electrons. The van der Waals surface area contributed by atoms with Crippen LogP contribution in [0.2, 0.25) is 0 Å². The molecular weight excluding hydrogens is 310 g/mol. The van der Waals surface area contributed by atoms with Crippen LogP contribution in [0.15, 0.2) is 15.5 Å². The van der Waals surface area contributed by atoms with Crippen LogP contribution in [0.5, 0.6) is 11.5 Å². The van der Waals surface area contributed by atoms with E-state index in [-0.39, 0.29) is 5.54 Å². The van der Waals surface area contributed by atoms with Crippen LogP contribution in [-0.4, -0.2) is 19.3 Å². The van der Waals surface area contributed by atoms with Crippen LogP contribution in [0, 0.1) is 0 Å². The van der Waals surface area contributed by atoms with E-state index in [1.54, 1.807) is 6.08 Å². The smallest absolute Gasteiger partial charge is 0.235 e. The van der Waals surface area contributed by atoms with Gasteiger partial charge in [-0.3, -0.25) is 0 Å². The first-order valence-electron chi connectivity index (χ1n) is 6.42. The molecule has 0 spiro atoms. The average Bonchev–Trinajstić information content (AvgIpc) is 3.20. The fourth-order valence-electron chi connectivity index (χ4n) is 2.64. The molecule has 1 aliphatic carbocycles. The Kier molecular flexibility index (Phi) is 3.11. The van der Waals surface area contributed by atoms with Crippen LogP contribution < -0.4 is 9.47 Å².